The van der Waals surface area contributed by atoms with Crippen molar-refractivity contribution in [3.63, 3.8) is 0 Å². The Bertz CT molecular complexity index is 1890. The molecule has 0 fully saturated rings. The van der Waals surface area contributed by atoms with Gasteiger partial charge in [-0.15, -0.1) is 0 Å². The second-order valence-electron chi connectivity index (χ2n) is 10.1. The summed E-state index contributed by atoms with van der Waals surface area (Å²) in [4.78, 5) is 55.3. The number of hydrogen-bond acceptors (Lipinski definition) is 8. The first kappa shape index (κ1) is 29.0. The Kier molecular flexibility index (Phi) is 8.21. The van der Waals surface area contributed by atoms with Crippen LogP contribution < -0.4 is 16.3 Å². The van der Waals surface area contributed by atoms with Crippen molar-refractivity contribution < 1.29 is 14.0 Å². The van der Waals surface area contributed by atoms with E-state index in [0.29, 0.717) is 40.4 Å². The molecular formula is C31H29FN8O3. The lowest BCUT2D eigenvalue weighted by atomic mass is 10.1. The molecular weight excluding hydrogens is 551 g/mol. The van der Waals surface area contributed by atoms with Gasteiger partial charge < -0.3 is 15.5 Å². The van der Waals surface area contributed by atoms with Crippen LogP contribution in [0.4, 0.5) is 15.9 Å². The quantitative estimate of drug-likeness (QED) is 0.208. The minimum absolute atomic E-state index is 0.00158. The summed E-state index contributed by atoms with van der Waals surface area (Å²) in [5.41, 5.74) is 8.68. The number of nitrogens with two attached hydrogens (primary N) is 1. The number of rotatable bonds is 9. The predicted molar refractivity (Wildman–Crippen MR) is 162 cm³/mol. The number of nitrogens with zero attached hydrogens (tertiary/aromatic N) is 7. The summed E-state index contributed by atoms with van der Waals surface area (Å²) in [5, 5.41) is 0. The van der Waals surface area contributed by atoms with Crippen molar-refractivity contribution in [2.45, 2.75) is 6.42 Å². The van der Waals surface area contributed by atoms with E-state index in [1.807, 2.05) is 19.0 Å². The molecule has 0 saturated carbocycles. The minimum Gasteiger partial charge on any atom is -0.382 e. The van der Waals surface area contributed by atoms with Gasteiger partial charge in [-0.2, -0.15) is 0 Å². The molecule has 0 aliphatic heterocycles. The van der Waals surface area contributed by atoms with E-state index in [0.717, 1.165) is 6.20 Å². The predicted octanol–water partition coefficient (Wildman–Crippen LogP) is 3.19. The second-order valence-corrected chi connectivity index (χ2v) is 10.1. The molecule has 5 aromatic rings. The molecule has 3 heterocycles. The molecule has 5 rings (SSSR count). The van der Waals surface area contributed by atoms with Crippen LogP contribution >= 0.6 is 0 Å². The van der Waals surface area contributed by atoms with Crippen molar-refractivity contribution in [1.29, 1.82) is 0 Å². The molecule has 0 spiro atoms. The summed E-state index contributed by atoms with van der Waals surface area (Å²) in [6.07, 6.45) is 5.62. The van der Waals surface area contributed by atoms with Crippen LogP contribution in [-0.4, -0.2) is 68.4 Å². The third-order valence-corrected chi connectivity index (χ3v) is 6.76. The van der Waals surface area contributed by atoms with Crippen molar-refractivity contribution in [2.75, 3.05) is 38.3 Å². The molecule has 2 N–H and O–H groups in total. The maximum absolute atomic E-state index is 13.9. The number of carbonyl (C=O) groups excluding carboxylic acids is 2. The van der Waals surface area contributed by atoms with Gasteiger partial charge in [-0.1, -0.05) is 12.1 Å². The fourth-order valence-corrected chi connectivity index (χ4v) is 4.54. The second kappa shape index (κ2) is 12.2. The van der Waals surface area contributed by atoms with E-state index in [9.17, 15) is 18.8 Å². The number of benzene rings is 2. The molecule has 3 aromatic heterocycles. The lowest BCUT2D eigenvalue weighted by molar-refractivity contribution is -0.113. The van der Waals surface area contributed by atoms with Crippen molar-refractivity contribution >= 4 is 34.4 Å². The Morgan fingerprint density at radius 2 is 1.72 bits per heavy atom. The molecule has 12 heteroatoms. The normalized spacial score (nSPS) is 11.5. The number of anilines is 2. The summed E-state index contributed by atoms with van der Waals surface area (Å²) in [7, 11) is 5.48. The SMILES string of the molecule is CN(C)C/C=C/C(=O)N(C)c1cccc(-n2c(=O)n(-c3ccc(C(=O)Cc4ccc(F)cn4)cc3)c3c(N)ncnc32)c1. The summed E-state index contributed by atoms with van der Waals surface area (Å²) in [6.45, 7) is 0.621. The summed E-state index contributed by atoms with van der Waals surface area (Å²) >= 11 is 0. The molecule has 43 heavy (non-hydrogen) atoms. The van der Waals surface area contributed by atoms with E-state index in [4.69, 9.17) is 5.73 Å². The zero-order valence-corrected chi connectivity index (χ0v) is 23.8. The number of Topliss-reactive ketones (excluding diaryl/α,β-unsaturated/α-hetero) is 1. The zero-order valence-electron chi connectivity index (χ0n) is 23.8. The largest absolute Gasteiger partial charge is 0.382 e. The Morgan fingerprint density at radius 3 is 2.42 bits per heavy atom. The lowest BCUT2D eigenvalue weighted by Crippen LogP contribution is -2.25. The first-order valence-corrected chi connectivity index (χ1v) is 13.3. The van der Waals surface area contributed by atoms with Gasteiger partial charge in [-0.3, -0.25) is 19.1 Å². The Labute approximate surface area is 246 Å². The van der Waals surface area contributed by atoms with Crippen molar-refractivity contribution in [3.8, 4) is 11.4 Å². The van der Waals surface area contributed by atoms with Crippen molar-refractivity contribution in [3.05, 3.63) is 113 Å². The van der Waals surface area contributed by atoms with Gasteiger partial charge in [0, 0.05) is 36.6 Å². The van der Waals surface area contributed by atoms with Gasteiger partial charge in [-0.25, -0.2) is 23.7 Å². The average molecular weight is 581 g/mol. The maximum atomic E-state index is 13.9. The maximum Gasteiger partial charge on any atom is 0.339 e. The number of ketones is 1. The molecule has 0 unspecified atom stereocenters. The Hall–Kier alpha value is -5.49. The zero-order chi connectivity index (χ0) is 30.7. The molecule has 218 valence electrons. The van der Waals surface area contributed by atoms with Crippen LogP contribution in [0, 0.1) is 5.82 Å². The van der Waals surface area contributed by atoms with Gasteiger partial charge in [0.1, 0.15) is 17.7 Å². The summed E-state index contributed by atoms with van der Waals surface area (Å²) < 4.78 is 16.0. The van der Waals surface area contributed by atoms with E-state index in [2.05, 4.69) is 15.0 Å². The Morgan fingerprint density at radius 1 is 0.953 bits per heavy atom. The molecule has 0 saturated heterocycles. The number of halogens is 1. The van der Waals surface area contributed by atoms with E-state index in [1.54, 1.807) is 61.7 Å². The smallest absolute Gasteiger partial charge is 0.339 e. The summed E-state index contributed by atoms with van der Waals surface area (Å²) in [5.74, 6) is -0.813. The van der Waals surface area contributed by atoms with Crippen molar-refractivity contribution in [1.82, 2.24) is 29.0 Å². The number of hydrogen-bond donors (Lipinski definition) is 1. The topological polar surface area (TPSA) is 132 Å². The van der Waals surface area contributed by atoms with Gasteiger partial charge in [0.2, 0.25) is 5.91 Å². The number of carbonyl (C=O) groups is 2. The first-order chi connectivity index (χ1) is 20.6. The van der Waals surface area contributed by atoms with Crippen LogP contribution in [0.3, 0.4) is 0 Å². The van der Waals surface area contributed by atoms with Crippen LogP contribution in [0.1, 0.15) is 16.1 Å². The third-order valence-electron chi connectivity index (χ3n) is 6.76. The molecule has 0 aliphatic rings. The highest BCUT2D eigenvalue weighted by atomic mass is 19.1. The average Bonchev–Trinajstić information content (AvgIpc) is 3.30. The van der Waals surface area contributed by atoms with Gasteiger partial charge >= 0.3 is 5.69 Å². The van der Waals surface area contributed by atoms with Gasteiger partial charge in [0.15, 0.2) is 17.2 Å². The highest BCUT2D eigenvalue weighted by Crippen LogP contribution is 2.25. The highest BCUT2D eigenvalue weighted by Gasteiger charge is 2.21. The molecule has 0 bridgehead atoms. The molecule has 0 atom stereocenters. The van der Waals surface area contributed by atoms with Gasteiger partial charge in [0.05, 0.1) is 24.0 Å². The number of pyridine rings is 1. The van der Waals surface area contributed by atoms with Crippen LogP contribution in [-0.2, 0) is 11.2 Å². The lowest BCUT2D eigenvalue weighted by Gasteiger charge is -2.16. The van der Waals surface area contributed by atoms with Crippen LogP contribution in [0.15, 0.2) is 90.1 Å². The fourth-order valence-electron chi connectivity index (χ4n) is 4.54. The van der Waals surface area contributed by atoms with Crippen molar-refractivity contribution in [2.24, 2.45) is 0 Å². The number of fused-ring (bicyclic) bond motifs is 1. The van der Waals surface area contributed by atoms with Crippen LogP contribution in [0.2, 0.25) is 0 Å². The van der Waals surface area contributed by atoms with E-state index >= 15 is 0 Å². The molecule has 0 aliphatic carbocycles. The van der Waals surface area contributed by atoms with E-state index < -0.39 is 11.5 Å². The third kappa shape index (κ3) is 6.09. The van der Waals surface area contributed by atoms with E-state index in [-0.39, 0.29) is 29.6 Å². The monoisotopic (exact) mass is 580 g/mol. The molecule has 11 nitrogen and oxygen atoms in total. The minimum atomic E-state index is -0.478. The standard InChI is InChI=1S/C31H29FN8O3/c1-37(2)15-5-8-27(42)38(3)24-6-4-7-25(17-24)40-30-28(29(33)35-19-36-30)39(31(40)43)23-13-9-20(10-14-23)26(41)16-22-12-11-21(32)18-34-22/h4-14,17-19H,15-16H2,1-3H3,(H2,33,35,36)/b8-5+. The fraction of sp³-hybridized carbons (Fsp3) is 0.161. The number of likely N-dealkylation sites (N-methyl/N-ethyl adjacent to an activating group) is 2. The molecule has 2 aromatic carbocycles. The first-order valence-electron chi connectivity index (χ1n) is 13.3. The molecule has 0 radical (unpaired) electrons. The van der Waals surface area contributed by atoms with E-state index in [1.165, 1.54) is 38.6 Å². The summed E-state index contributed by atoms with van der Waals surface area (Å²) in [6, 6.07) is 16.1. The van der Waals surface area contributed by atoms with Gasteiger partial charge in [0.25, 0.3) is 0 Å². The number of nitrogen functional groups attached to an aromatic ring is 1. The van der Waals surface area contributed by atoms with Crippen LogP contribution in [0.25, 0.3) is 22.5 Å². The number of aromatic nitrogens is 5. The number of amides is 1. The molecule has 1 amide bonds. The van der Waals surface area contributed by atoms with Crippen LogP contribution in [0.5, 0.6) is 0 Å². The number of imidazole rings is 1. The Balaban J connectivity index is 1.50. The highest BCUT2D eigenvalue weighted by molar-refractivity contribution is 6.01. The van der Waals surface area contributed by atoms with Gasteiger partial charge in [-0.05, 0) is 68.7 Å².